The molecule has 1 aromatic heterocycles. The molecule has 0 aliphatic carbocycles. The van der Waals surface area contributed by atoms with Crippen molar-refractivity contribution in [2.45, 2.75) is 19.9 Å². The zero-order chi connectivity index (χ0) is 24.5. The van der Waals surface area contributed by atoms with Gasteiger partial charge in [0, 0.05) is 11.3 Å². The van der Waals surface area contributed by atoms with E-state index >= 15 is 0 Å². The van der Waals surface area contributed by atoms with Gasteiger partial charge in [-0.05, 0) is 43.7 Å². The molecule has 1 amide bonds. The van der Waals surface area contributed by atoms with Crippen LogP contribution in [0.3, 0.4) is 0 Å². The number of para-hydroxylation sites is 2. The van der Waals surface area contributed by atoms with E-state index in [9.17, 15) is 9.90 Å². The molecule has 3 N–H and O–H groups in total. The fraction of sp³-hybridized carbons (Fsp3) is 0.148. The van der Waals surface area contributed by atoms with E-state index in [-0.39, 0.29) is 11.7 Å². The summed E-state index contributed by atoms with van der Waals surface area (Å²) in [5.74, 6) is 1.39. The molecule has 1 aliphatic heterocycles. The molecule has 1 unspecified atom stereocenters. The molecule has 176 valence electrons. The van der Waals surface area contributed by atoms with Gasteiger partial charge in [-0.25, -0.2) is 4.68 Å². The molecule has 0 saturated heterocycles. The highest BCUT2D eigenvalue weighted by Gasteiger charge is 2.34. The highest BCUT2D eigenvalue weighted by molar-refractivity contribution is 6.06. The molecule has 8 nitrogen and oxygen atoms in total. The third kappa shape index (κ3) is 4.21. The summed E-state index contributed by atoms with van der Waals surface area (Å²) in [5.41, 5.74) is 4.41. The molecule has 0 spiro atoms. The van der Waals surface area contributed by atoms with E-state index < -0.39 is 6.04 Å². The van der Waals surface area contributed by atoms with Crippen molar-refractivity contribution in [3.8, 4) is 22.9 Å². The van der Waals surface area contributed by atoms with E-state index in [1.165, 1.54) is 0 Å². The Bertz CT molecular complexity index is 1460. The minimum atomic E-state index is -0.514. The molecule has 0 bridgehead atoms. The number of nitrogens with one attached hydrogen (secondary N) is 2. The normalized spacial score (nSPS) is 14.8. The van der Waals surface area contributed by atoms with E-state index in [0.29, 0.717) is 40.0 Å². The van der Waals surface area contributed by atoms with E-state index in [0.717, 1.165) is 11.1 Å². The van der Waals surface area contributed by atoms with Crippen molar-refractivity contribution in [1.82, 2.24) is 14.8 Å². The Morgan fingerprint density at radius 1 is 1.06 bits per heavy atom. The van der Waals surface area contributed by atoms with Crippen LogP contribution >= 0.6 is 0 Å². The van der Waals surface area contributed by atoms with E-state index in [1.54, 1.807) is 42.1 Å². The van der Waals surface area contributed by atoms with Gasteiger partial charge in [-0.1, -0.05) is 54.1 Å². The third-order valence-electron chi connectivity index (χ3n) is 5.91. The van der Waals surface area contributed by atoms with E-state index in [2.05, 4.69) is 15.6 Å². The maximum Gasteiger partial charge on any atom is 0.255 e. The molecule has 5 rings (SSSR count). The Balaban J connectivity index is 1.61. The number of nitrogens with zero attached hydrogens (tertiary/aromatic N) is 3. The van der Waals surface area contributed by atoms with Crippen molar-refractivity contribution in [2.24, 2.45) is 0 Å². The summed E-state index contributed by atoms with van der Waals surface area (Å²) >= 11 is 0. The van der Waals surface area contributed by atoms with Crippen LogP contribution in [0.4, 0.5) is 11.6 Å². The van der Waals surface area contributed by atoms with Gasteiger partial charge < -0.3 is 20.5 Å². The lowest BCUT2D eigenvalue weighted by Crippen LogP contribution is -2.31. The van der Waals surface area contributed by atoms with Crippen LogP contribution in [0.5, 0.6) is 11.5 Å². The van der Waals surface area contributed by atoms with Crippen molar-refractivity contribution in [3.63, 3.8) is 0 Å². The molecule has 2 heterocycles. The van der Waals surface area contributed by atoms with Crippen molar-refractivity contribution >= 4 is 17.5 Å². The lowest BCUT2D eigenvalue weighted by Gasteiger charge is -2.29. The summed E-state index contributed by atoms with van der Waals surface area (Å²) in [6, 6.07) is 21.5. The molecule has 4 aromatic rings. The van der Waals surface area contributed by atoms with Gasteiger partial charge in [0.25, 0.3) is 5.91 Å². The number of aryl methyl sites for hydroxylation is 1. The second kappa shape index (κ2) is 8.98. The number of aromatic hydroxyl groups is 1. The quantitative estimate of drug-likeness (QED) is 0.386. The summed E-state index contributed by atoms with van der Waals surface area (Å²) in [7, 11) is 1.57. The minimum Gasteiger partial charge on any atom is -0.508 e. The van der Waals surface area contributed by atoms with Crippen LogP contribution in [0.2, 0.25) is 0 Å². The molecule has 1 aliphatic rings. The number of carbonyl (C=O) groups is 1. The first kappa shape index (κ1) is 22.2. The number of fused-ring (bicyclic) bond motifs is 1. The minimum absolute atomic E-state index is 0.129. The number of ether oxygens (including phenoxy) is 1. The molecule has 0 radical (unpaired) electrons. The van der Waals surface area contributed by atoms with Crippen LogP contribution in [0, 0.1) is 6.92 Å². The zero-order valence-electron chi connectivity index (χ0n) is 19.6. The standard InChI is InChI=1S/C27H25N5O3/c1-16-8-6-9-18(14-16)24-23(26(34)29-21-12-4-5-13-22(21)35-3)17(2)28-27-30-25(31-32(24)27)19-10-7-11-20(33)15-19/h4-15,24,33H,1-3H3,(H,29,34)(H,28,30,31). The maximum atomic E-state index is 13.7. The Morgan fingerprint density at radius 3 is 2.63 bits per heavy atom. The first-order chi connectivity index (χ1) is 16.9. The number of hydrogen-bond acceptors (Lipinski definition) is 6. The average Bonchev–Trinajstić information content (AvgIpc) is 3.27. The van der Waals surface area contributed by atoms with Gasteiger partial charge in [0.15, 0.2) is 5.82 Å². The first-order valence-electron chi connectivity index (χ1n) is 11.2. The van der Waals surface area contributed by atoms with Crippen LogP contribution in [0.1, 0.15) is 24.1 Å². The number of phenols is 1. The number of amides is 1. The topological polar surface area (TPSA) is 101 Å². The summed E-state index contributed by atoms with van der Waals surface area (Å²) < 4.78 is 7.13. The third-order valence-corrected chi connectivity index (χ3v) is 5.91. The van der Waals surface area contributed by atoms with Crippen LogP contribution in [0.25, 0.3) is 11.4 Å². The van der Waals surface area contributed by atoms with Gasteiger partial charge >= 0.3 is 0 Å². The second-order valence-corrected chi connectivity index (χ2v) is 8.39. The van der Waals surface area contributed by atoms with Gasteiger partial charge in [0.05, 0.1) is 18.4 Å². The van der Waals surface area contributed by atoms with Gasteiger partial charge in [0.1, 0.15) is 17.5 Å². The predicted octanol–water partition coefficient (Wildman–Crippen LogP) is 4.90. The van der Waals surface area contributed by atoms with Crippen LogP contribution < -0.4 is 15.4 Å². The average molecular weight is 468 g/mol. The van der Waals surface area contributed by atoms with Crippen molar-refractivity contribution < 1.29 is 14.6 Å². The number of benzene rings is 3. The summed E-state index contributed by atoms with van der Waals surface area (Å²) in [6.45, 7) is 3.86. The molecule has 35 heavy (non-hydrogen) atoms. The largest absolute Gasteiger partial charge is 0.508 e. The lowest BCUT2D eigenvalue weighted by atomic mass is 9.94. The number of carbonyl (C=O) groups excluding carboxylic acids is 1. The van der Waals surface area contributed by atoms with Crippen LogP contribution in [0.15, 0.2) is 84.1 Å². The van der Waals surface area contributed by atoms with E-state index in [1.807, 2.05) is 56.3 Å². The van der Waals surface area contributed by atoms with Crippen molar-refractivity contribution in [1.29, 1.82) is 0 Å². The molecule has 8 heteroatoms. The molecule has 1 atom stereocenters. The van der Waals surface area contributed by atoms with Gasteiger partial charge in [-0.2, -0.15) is 4.98 Å². The Morgan fingerprint density at radius 2 is 1.86 bits per heavy atom. The second-order valence-electron chi connectivity index (χ2n) is 8.39. The van der Waals surface area contributed by atoms with Gasteiger partial charge in [-0.15, -0.1) is 5.10 Å². The first-order valence-corrected chi connectivity index (χ1v) is 11.2. The molecule has 0 fully saturated rings. The smallest absolute Gasteiger partial charge is 0.255 e. The number of anilines is 2. The van der Waals surface area contributed by atoms with Crippen LogP contribution in [-0.2, 0) is 4.79 Å². The summed E-state index contributed by atoms with van der Waals surface area (Å²) in [6.07, 6.45) is 0. The molecule has 3 aromatic carbocycles. The fourth-order valence-electron chi connectivity index (χ4n) is 4.30. The fourth-order valence-corrected chi connectivity index (χ4v) is 4.30. The van der Waals surface area contributed by atoms with Crippen molar-refractivity contribution in [2.75, 3.05) is 17.7 Å². The Kier molecular flexibility index (Phi) is 5.70. The van der Waals surface area contributed by atoms with Gasteiger partial charge in [-0.3, -0.25) is 4.79 Å². The number of rotatable bonds is 5. The number of hydrogen-bond donors (Lipinski definition) is 3. The molecule has 0 saturated carbocycles. The highest BCUT2D eigenvalue weighted by atomic mass is 16.5. The number of methoxy groups -OCH3 is 1. The molecular formula is C27H25N5O3. The summed E-state index contributed by atoms with van der Waals surface area (Å²) in [4.78, 5) is 18.3. The lowest BCUT2D eigenvalue weighted by molar-refractivity contribution is -0.113. The number of aromatic nitrogens is 3. The van der Waals surface area contributed by atoms with Crippen molar-refractivity contribution in [3.05, 3.63) is 95.2 Å². The number of phenolic OH excluding ortho intramolecular Hbond substituents is 1. The maximum absolute atomic E-state index is 13.7. The summed E-state index contributed by atoms with van der Waals surface area (Å²) in [5, 5.41) is 20.9. The van der Waals surface area contributed by atoms with Gasteiger partial charge in [0.2, 0.25) is 5.95 Å². The highest BCUT2D eigenvalue weighted by Crippen LogP contribution is 2.37. The monoisotopic (exact) mass is 467 g/mol. The zero-order valence-corrected chi connectivity index (χ0v) is 19.6. The Labute approximate surface area is 202 Å². The van der Waals surface area contributed by atoms with E-state index in [4.69, 9.17) is 9.84 Å². The van der Waals surface area contributed by atoms with Crippen LogP contribution in [-0.4, -0.2) is 32.9 Å². The Hall–Kier alpha value is -4.59. The number of allylic oxidation sites excluding steroid dienone is 1. The molecular weight excluding hydrogens is 442 g/mol. The predicted molar refractivity (Wildman–Crippen MR) is 134 cm³/mol. The SMILES string of the molecule is COc1ccccc1NC(=O)C1=C(C)Nc2nc(-c3cccc(O)c3)nn2C1c1cccc(C)c1.